The van der Waals surface area contributed by atoms with E-state index in [2.05, 4.69) is 15.3 Å². The highest BCUT2D eigenvalue weighted by Gasteiger charge is 2.36. The van der Waals surface area contributed by atoms with Crippen LogP contribution in [0.5, 0.6) is 0 Å². The molecule has 1 aromatic carbocycles. The molecule has 0 unspecified atom stereocenters. The third kappa shape index (κ3) is 4.00. The van der Waals surface area contributed by atoms with Gasteiger partial charge in [0.15, 0.2) is 0 Å². The van der Waals surface area contributed by atoms with Crippen molar-refractivity contribution in [3.05, 3.63) is 47.8 Å². The number of carbonyl (C=O) groups excluding carboxylic acids is 1. The van der Waals surface area contributed by atoms with Crippen LogP contribution in [0.15, 0.2) is 36.7 Å². The summed E-state index contributed by atoms with van der Waals surface area (Å²) in [5, 5.41) is 17.1. The molecule has 2 aliphatic rings. The number of anilines is 1. The number of rotatable bonds is 5. The lowest BCUT2D eigenvalue weighted by atomic mass is 9.75. The number of piperidine rings is 1. The molecular weight excluding hydrogens is 340 g/mol. The van der Waals surface area contributed by atoms with Crippen molar-refractivity contribution in [3.63, 3.8) is 0 Å². The van der Waals surface area contributed by atoms with Crippen molar-refractivity contribution in [3.8, 4) is 0 Å². The number of carbonyl (C=O) groups is 1. The highest BCUT2D eigenvalue weighted by atomic mass is 16.3. The van der Waals surface area contributed by atoms with E-state index in [1.54, 1.807) is 10.9 Å². The molecule has 1 atom stereocenters. The third-order valence-electron chi connectivity index (χ3n) is 5.84. The zero-order chi connectivity index (χ0) is 18.8. The number of aliphatic hydroxyl groups excluding tert-OH is 1. The lowest BCUT2D eigenvalue weighted by Crippen LogP contribution is -2.41. The summed E-state index contributed by atoms with van der Waals surface area (Å²) in [6.07, 6.45) is 8.70. The zero-order valence-electron chi connectivity index (χ0n) is 15.8. The summed E-state index contributed by atoms with van der Waals surface area (Å²) in [4.78, 5) is 15.2. The molecule has 144 valence electrons. The fourth-order valence-electron chi connectivity index (χ4n) is 4.18. The van der Waals surface area contributed by atoms with Gasteiger partial charge >= 0.3 is 0 Å². The Kier molecular flexibility index (Phi) is 5.16. The average Bonchev–Trinajstić information content (AvgIpc) is 3.11. The fraction of sp³-hybridized carbons (Fsp3) is 0.524. The van der Waals surface area contributed by atoms with Crippen LogP contribution in [0.2, 0.25) is 0 Å². The quantitative estimate of drug-likeness (QED) is 0.851. The van der Waals surface area contributed by atoms with Crippen LogP contribution < -0.4 is 10.2 Å². The van der Waals surface area contributed by atoms with Crippen molar-refractivity contribution in [1.29, 1.82) is 0 Å². The molecule has 0 radical (unpaired) electrons. The van der Waals surface area contributed by atoms with E-state index in [-0.39, 0.29) is 24.0 Å². The predicted octanol–water partition coefficient (Wildman–Crippen LogP) is 2.65. The molecule has 6 heteroatoms. The van der Waals surface area contributed by atoms with Crippen molar-refractivity contribution in [2.24, 2.45) is 13.0 Å². The van der Waals surface area contributed by atoms with Crippen molar-refractivity contribution in [2.45, 2.75) is 44.2 Å². The van der Waals surface area contributed by atoms with Gasteiger partial charge in [0.05, 0.1) is 18.3 Å². The van der Waals surface area contributed by atoms with Crippen molar-refractivity contribution in [1.82, 2.24) is 15.1 Å². The van der Waals surface area contributed by atoms with E-state index in [9.17, 15) is 9.90 Å². The van der Waals surface area contributed by atoms with Crippen LogP contribution in [0.3, 0.4) is 0 Å². The van der Waals surface area contributed by atoms with Gasteiger partial charge < -0.3 is 15.3 Å². The highest BCUT2D eigenvalue weighted by molar-refractivity contribution is 5.94. The second-order valence-electron chi connectivity index (χ2n) is 7.88. The summed E-state index contributed by atoms with van der Waals surface area (Å²) < 4.78 is 1.75. The molecule has 1 amide bonds. The molecule has 0 bridgehead atoms. The smallest absolute Gasteiger partial charge is 0.251 e. The number of aryl methyl sites for hydroxylation is 1. The molecule has 27 heavy (non-hydrogen) atoms. The summed E-state index contributed by atoms with van der Waals surface area (Å²) in [6.45, 7) is 2.19. The number of aromatic nitrogens is 2. The Labute approximate surface area is 160 Å². The van der Waals surface area contributed by atoms with Crippen molar-refractivity contribution in [2.75, 3.05) is 18.0 Å². The van der Waals surface area contributed by atoms with Gasteiger partial charge in [-0.2, -0.15) is 5.10 Å². The summed E-state index contributed by atoms with van der Waals surface area (Å²) in [6, 6.07) is 7.81. The van der Waals surface area contributed by atoms with Gasteiger partial charge in [-0.15, -0.1) is 0 Å². The van der Waals surface area contributed by atoms with E-state index in [0.717, 1.165) is 18.7 Å². The minimum atomic E-state index is -0.255. The van der Waals surface area contributed by atoms with E-state index in [1.807, 2.05) is 37.5 Å². The molecule has 2 heterocycles. The van der Waals surface area contributed by atoms with Crippen LogP contribution in [0.4, 0.5) is 5.69 Å². The molecular formula is C21H28N4O2. The fourth-order valence-corrected chi connectivity index (χ4v) is 4.18. The van der Waals surface area contributed by atoms with E-state index < -0.39 is 0 Å². The van der Waals surface area contributed by atoms with Gasteiger partial charge in [-0.25, -0.2) is 0 Å². The maximum absolute atomic E-state index is 12.8. The van der Waals surface area contributed by atoms with Gasteiger partial charge in [-0.05, 0) is 62.3 Å². The van der Waals surface area contributed by atoms with Gasteiger partial charge in [0, 0.05) is 43.1 Å². The number of nitrogens with zero attached hydrogens (tertiary/aromatic N) is 3. The zero-order valence-corrected chi connectivity index (χ0v) is 15.8. The van der Waals surface area contributed by atoms with Crippen LogP contribution in [0.25, 0.3) is 0 Å². The highest BCUT2D eigenvalue weighted by Crippen LogP contribution is 2.38. The molecule has 2 fully saturated rings. The first-order valence-electron chi connectivity index (χ1n) is 9.92. The van der Waals surface area contributed by atoms with Crippen LogP contribution in [0, 0.1) is 5.92 Å². The lowest BCUT2D eigenvalue weighted by molar-refractivity contribution is 0.0235. The van der Waals surface area contributed by atoms with Gasteiger partial charge in [-0.3, -0.25) is 9.48 Å². The molecule has 2 aromatic rings. The maximum atomic E-state index is 12.8. The van der Waals surface area contributed by atoms with Gasteiger partial charge in [-0.1, -0.05) is 0 Å². The van der Waals surface area contributed by atoms with Crippen molar-refractivity contribution < 1.29 is 9.90 Å². The SMILES string of the molecule is Cn1cc([C@H](NC(=O)c2ccc(N3CCCCC3)cc2)C2CC(O)C2)cn1. The van der Waals surface area contributed by atoms with Gasteiger partial charge in [0.2, 0.25) is 0 Å². The number of hydrogen-bond donors (Lipinski definition) is 2. The van der Waals surface area contributed by atoms with E-state index >= 15 is 0 Å². The molecule has 1 aliphatic heterocycles. The minimum Gasteiger partial charge on any atom is -0.393 e. The van der Waals surface area contributed by atoms with Crippen LogP contribution in [0.1, 0.15) is 54.1 Å². The predicted molar refractivity (Wildman–Crippen MR) is 105 cm³/mol. The number of amides is 1. The molecule has 1 saturated heterocycles. The van der Waals surface area contributed by atoms with E-state index in [1.165, 1.54) is 24.9 Å². The number of nitrogens with one attached hydrogen (secondary N) is 1. The Morgan fingerprint density at radius 2 is 1.89 bits per heavy atom. The number of benzene rings is 1. The molecule has 4 rings (SSSR count). The van der Waals surface area contributed by atoms with E-state index in [4.69, 9.17) is 0 Å². The minimum absolute atomic E-state index is 0.0737. The molecule has 1 aliphatic carbocycles. The summed E-state index contributed by atoms with van der Waals surface area (Å²) >= 11 is 0. The van der Waals surface area contributed by atoms with Crippen LogP contribution in [-0.2, 0) is 7.05 Å². The maximum Gasteiger partial charge on any atom is 0.251 e. The molecule has 6 nitrogen and oxygen atoms in total. The monoisotopic (exact) mass is 368 g/mol. The number of aliphatic hydroxyl groups is 1. The van der Waals surface area contributed by atoms with Crippen LogP contribution in [-0.4, -0.2) is 40.0 Å². The first kappa shape index (κ1) is 18.0. The average molecular weight is 368 g/mol. The normalized spacial score (nSPS) is 23.6. The molecule has 2 N–H and O–H groups in total. The first-order chi connectivity index (χ1) is 13.1. The number of hydrogen-bond acceptors (Lipinski definition) is 4. The van der Waals surface area contributed by atoms with Crippen molar-refractivity contribution >= 4 is 11.6 Å². The second kappa shape index (κ2) is 7.72. The Balaban J connectivity index is 1.45. The third-order valence-corrected chi connectivity index (χ3v) is 5.84. The Morgan fingerprint density at radius 1 is 1.19 bits per heavy atom. The largest absolute Gasteiger partial charge is 0.393 e. The first-order valence-corrected chi connectivity index (χ1v) is 9.92. The molecule has 0 spiro atoms. The summed E-state index contributed by atoms with van der Waals surface area (Å²) in [7, 11) is 1.87. The summed E-state index contributed by atoms with van der Waals surface area (Å²) in [5.74, 6) is 0.177. The summed E-state index contributed by atoms with van der Waals surface area (Å²) in [5.41, 5.74) is 2.86. The topological polar surface area (TPSA) is 70.4 Å². The molecule has 1 saturated carbocycles. The van der Waals surface area contributed by atoms with Gasteiger partial charge in [0.25, 0.3) is 5.91 Å². The standard InChI is InChI=1S/C21H28N4O2/c1-24-14-17(13-22-24)20(16-11-19(26)12-16)23-21(27)15-5-7-18(8-6-15)25-9-3-2-4-10-25/h5-8,13-14,16,19-20,26H,2-4,9-12H2,1H3,(H,23,27)/t16?,19?,20-/m1/s1. The lowest BCUT2D eigenvalue weighted by Gasteiger charge is -2.37. The second-order valence-corrected chi connectivity index (χ2v) is 7.88. The Morgan fingerprint density at radius 3 is 2.48 bits per heavy atom. The van der Waals surface area contributed by atoms with E-state index in [0.29, 0.717) is 18.4 Å². The van der Waals surface area contributed by atoms with Crippen LogP contribution >= 0.6 is 0 Å². The van der Waals surface area contributed by atoms with Gasteiger partial charge in [0.1, 0.15) is 0 Å². The molecule has 1 aromatic heterocycles. The Bertz CT molecular complexity index is 774. The Hall–Kier alpha value is -2.34.